The normalized spacial score (nSPS) is 16.0. The summed E-state index contributed by atoms with van der Waals surface area (Å²) in [5.74, 6) is 1.36. The molecule has 2 amide bonds. The van der Waals surface area contributed by atoms with Gasteiger partial charge in [0.2, 0.25) is 0 Å². The quantitative estimate of drug-likeness (QED) is 0.683. The zero-order chi connectivity index (χ0) is 16.5. The third-order valence-corrected chi connectivity index (χ3v) is 3.98. The lowest BCUT2D eigenvalue weighted by molar-refractivity contribution is 0.248. The molecule has 4 rings (SSSR count). The first-order valence-corrected chi connectivity index (χ1v) is 7.73. The van der Waals surface area contributed by atoms with E-state index in [4.69, 9.17) is 0 Å². The largest absolute Gasteiger partial charge is 0.333 e. The van der Waals surface area contributed by atoms with E-state index in [1.54, 1.807) is 6.33 Å². The zero-order valence-corrected chi connectivity index (χ0v) is 13.2. The summed E-state index contributed by atoms with van der Waals surface area (Å²) in [6.45, 7) is 2.60. The van der Waals surface area contributed by atoms with Gasteiger partial charge in [0, 0.05) is 36.1 Å². The number of nitrogens with one attached hydrogen (secondary N) is 3. The van der Waals surface area contributed by atoms with E-state index in [2.05, 4.69) is 35.4 Å². The Morgan fingerprint density at radius 3 is 3.12 bits per heavy atom. The second kappa shape index (κ2) is 5.80. The van der Waals surface area contributed by atoms with Crippen molar-refractivity contribution in [2.24, 2.45) is 0 Å². The third-order valence-electron chi connectivity index (χ3n) is 3.98. The Balaban J connectivity index is 1.40. The van der Waals surface area contributed by atoms with Crippen molar-refractivity contribution in [2.45, 2.75) is 25.9 Å². The number of nitrogens with zero attached hydrogens (tertiary/aromatic N) is 4. The molecule has 3 aromatic rings. The lowest BCUT2D eigenvalue weighted by Crippen LogP contribution is -2.38. The van der Waals surface area contributed by atoms with Gasteiger partial charge in [0.25, 0.3) is 0 Å². The van der Waals surface area contributed by atoms with Crippen molar-refractivity contribution in [3.05, 3.63) is 48.3 Å². The molecule has 0 saturated carbocycles. The number of H-pyrrole nitrogens is 1. The van der Waals surface area contributed by atoms with Crippen molar-refractivity contribution in [3.63, 3.8) is 0 Å². The highest BCUT2D eigenvalue weighted by Crippen LogP contribution is 2.19. The standard InChI is InChI=1S/C16H17N7O/c1-10-18-15(22-21-10)11-3-2-4-12(5-11)19-16(24)20-13-6-14-7-17-9-23(14)8-13/h2-5,7,9,13H,6,8H2,1H3,(H,18,21,22)(H2,19,20,24). The van der Waals surface area contributed by atoms with E-state index in [0.29, 0.717) is 11.5 Å². The summed E-state index contributed by atoms with van der Waals surface area (Å²) in [5.41, 5.74) is 2.69. The van der Waals surface area contributed by atoms with E-state index >= 15 is 0 Å². The molecule has 0 saturated heterocycles. The highest BCUT2D eigenvalue weighted by atomic mass is 16.2. The lowest BCUT2D eigenvalue weighted by Gasteiger charge is -2.13. The van der Waals surface area contributed by atoms with Gasteiger partial charge in [-0.25, -0.2) is 14.8 Å². The van der Waals surface area contributed by atoms with Crippen LogP contribution in [0.15, 0.2) is 36.8 Å². The predicted molar refractivity (Wildman–Crippen MR) is 88.4 cm³/mol. The van der Waals surface area contributed by atoms with Gasteiger partial charge < -0.3 is 15.2 Å². The van der Waals surface area contributed by atoms with E-state index in [0.717, 1.165) is 30.0 Å². The number of hydrogen-bond acceptors (Lipinski definition) is 4. The van der Waals surface area contributed by atoms with Crippen molar-refractivity contribution in [2.75, 3.05) is 5.32 Å². The number of rotatable bonds is 3. The first kappa shape index (κ1) is 14.4. The summed E-state index contributed by atoms with van der Waals surface area (Å²) < 4.78 is 2.05. The van der Waals surface area contributed by atoms with E-state index in [9.17, 15) is 4.79 Å². The molecular formula is C16H17N7O. The van der Waals surface area contributed by atoms with Crippen LogP contribution in [0.1, 0.15) is 11.5 Å². The molecule has 3 N–H and O–H groups in total. The average molecular weight is 323 g/mol. The van der Waals surface area contributed by atoms with Crippen LogP contribution < -0.4 is 10.6 Å². The molecule has 122 valence electrons. The molecule has 24 heavy (non-hydrogen) atoms. The molecule has 1 aliphatic rings. The fourth-order valence-corrected chi connectivity index (χ4v) is 2.89. The Morgan fingerprint density at radius 2 is 2.33 bits per heavy atom. The number of hydrogen-bond donors (Lipinski definition) is 3. The molecule has 1 unspecified atom stereocenters. The zero-order valence-electron chi connectivity index (χ0n) is 13.2. The number of imidazole rings is 1. The molecule has 1 aliphatic heterocycles. The van der Waals surface area contributed by atoms with Gasteiger partial charge in [-0.3, -0.25) is 5.10 Å². The number of fused-ring (bicyclic) bond motifs is 1. The first-order valence-electron chi connectivity index (χ1n) is 7.73. The Morgan fingerprint density at radius 1 is 1.42 bits per heavy atom. The van der Waals surface area contributed by atoms with Gasteiger partial charge in [-0.05, 0) is 19.1 Å². The Labute approximate surface area is 138 Å². The monoisotopic (exact) mass is 323 g/mol. The van der Waals surface area contributed by atoms with Crippen molar-refractivity contribution < 1.29 is 4.79 Å². The molecule has 8 heteroatoms. The molecule has 0 aliphatic carbocycles. The predicted octanol–water partition coefficient (Wildman–Crippen LogP) is 1.72. The SMILES string of the molecule is Cc1nc(-c2cccc(NC(=O)NC3Cc4cncn4C3)c2)n[nH]1. The van der Waals surface area contributed by atoms with E-state index in [1.807, 2.05) is 37.4 Å². The second-order valence-electron chi connectivity index (χ2n) is 5.86. The van der Waals surface area contributed by atoms with Crippen LogP contribution in [0.5, 0.6) is 0 Å². The molecule has 0 fully saturated rings. The topological polar surface area (TPSA) is 101 Å². The van der Waals surface area contributed by atoms with Crippen LogP contribution in [0, 0.1) is 6.92 Å². The second-order valence-corrected chi connectivity index (χ2v) is 5.86. The Bertz CT molecular complexity index is 861. The maximum absolute atomic E-state index is 12.2. The number of anilines is 1. The first-order chi connectivity index (χ1) is 11.7. The van der Waals surface area contributed by atoms with Gasteiger partial charge in [0.1, 0.15) is 5.82 Å². The van der Waals surface area contributed by atoms with Crippen LogP contribution in [0.4, 0.5) is 10.5 Å². The van der Waals surface area contributed by atoms with Gasteiger partial charge in [-0.1, -0.05) is 12.1 Å². The number of amides is 2. The molecule has 1 aromatic carbocycles. The molecule has 2 aromatic heterocycles. The Kier molecular flexibility index (Phi) is 3.49. The van der Waals surface area contributed by atoms with Crippen molar-refractivity contribution >= 4 is 11.7 Å². The molecule has 1 atom stereocenters. The van der Waals surface area contributed by atoms with Crippen molar-refractivity contribution in [1.29, 1.82) is 0 Å². The number of aromatic amines is 1. The van der Waals surface area contributed by atoms with Crippen LogP contribution >= 0.6 is 0 Å². The van der Waals surface area contributed by atoms with Crippen molar-refractivity contribution in [3.8, 4) is 11.4 Å². The van der Waals surface area contributed by atoms with Gasteiger partial charge >= 0.3 is 6.03 Å². The van der Waals surface area contributed by atoms with Crippen LogP contribution in [0.25, 0.3) is 11.4 Å². The van der Waals surface area contributed by atoms with Crippen LogP contribution in [-0.2, 0) is 13.0 Å². The molecule has 8 nitrogen and oxygen atoms in total. The fourth-order valence-electron chi connectivity index (χ4n) is 2.89. The summed E-state index contributed by atoms with van der Waals surface area (Å²) in [7, 11) is 0. The third kappa shape index (κ3) is 2.85. The number of aromatic nitrogens is 5. The minimum atomic E-state index is -0.220. The summed E-state index contributed by atoms with van der Waals surface area (Å²) in [6.07, 6.45) is 4.42. The number of urea groups is 1. The minimum absolute atomic E-state index is 0.0850. The summed E-state index contributed by atoms with van der Waals surface area (Å²) in [6, 6.07) is 7.32. The summed E-state index contributed by atoms with van der Waals surface area (Å²) in [4.78, 5) is 20.6. The maximum Gasteiger partial charge on any atom is 0.319 e. The van der Waals surface area contributed by atoms with Crippen LogP contribution in [-0.4, -0.2) is 36.8 Å². The van der Waals surface area contributed by atoms with Gasteiger partial charge in [-0.15, -0.1) is 0 Å². The molecule has 3 heterocycles. The van der Waals surface area contributed by atoms with E-state index in [1.165, 1.54) is 0 Å². The van der Waals surface area contributed by atoms with E-state index < -0.39 is 0 Å². The van der Waals surface area contributed by atoms with Crippen LogP contribution in [0.3, 0.4) is 0 Å². The number of carbonyl (C=O) groups excluding carboxylic acids is 1. The lowest BCUT2D eigenvalue weighted by atomic mass is 10.2. The summed E-state index contributed by atoms with van der Waals surface area (Å²) in [5, 5.41) is 12.8. The smallest absolute Gasteiger partial charge is 0.319 e. The van der Waals surface area contributed by atoms with E-state index in [-0.39, 0.29) is 12.1 Å². The highest BCUT2D eigenvalue weighted by molar-refractivity contribution is 5.90. The van der Waals surface area contributed by atoms with Crippen LogP contribution in [0.2, 0.25) is 0 Å². The number of carbonyl (C=O) groups is 1. The molecule has 0 radical (unpaired) electrons. The Hall–Kier alpha value is -3.16. The molecule has 0 spiro atoms. The van der Waals surface area contributed by atoms with Gasteiger partial charge in [0.05, 0.1) is 12.4 Å². The van der Waals surface area contributed by atoms with Crippen molar-refractivity contribution in [1.82, 2.24) is 30.0 Å². The maximum atomic E-state index is 12.2. The number of benzene rings is 1. The van der Waals surface area contributed by atoms with Gasteiger partial charge in [-0.2, -0.15) is 5.10 Å². The highest BCUT2D eigenvalue weighted by Gasteiger charge is 2.22. The average Bonchev–Trinajstić information content (AvgIpc) is 3.23. The fraction of sp³-hybridized carbons (Fsp3) is 0.250. The molecule has 0 bridgehead atoms. The summed E-state index contributed by atoms with van der Waals surface area (Å²) >= 11 is 0. The minimum Gasteiger partial charge on any atom is -0.333 e. The number of aryl methyl sites for hydroxylation is 1. The van der Waals surface area contributed by atoms with Gasteiger partial charge in [0.15, 0.2) is 5.82 Å². The molecular weight excluding hydrogens is 306 g/mol.